The Morgan fingerprint density at radius 1 is 1.15 bits per heavy atom. The minimum atomic E-state index is -3.41. The van der Waals surface area contributed by atoms with E-state index in [1.54, 1.807) is 0 Å². The molecule has 3 rings (SSSR count). The van der Waals surface area contributed by atoms with E-state index >= 15 is 0 Å². The lowest BCUT2D eigenvalue weighted by atomic mass is 10.2. The topological polar surface area (TPSA) is 99.4 Å². The Morgan fingerprint density at radius 2 is 1.92 bits per heavy atom. The van der Waals surface area contributed by atoms with Crippen molar-refractivity contribution < 1.29 is 22.4 Å². The highest BCUT2D eigenvalue weighted by atomic mass is 79.9. The highest BCUT2D eigenvalue weighted by Gasteiger charge is 2.15. The van der Waals surface area contributed by atoms with E-state index in [-0.39, 0.29) is 23.0 Å². The summed E-state index contributed by atoms with van der Waals surface area (Å²) < 4.78 is 34.5. The molecule has 0 fully saturated rings. The number of aromatic nitrogens is 2. The van der Waals surface area contributed by atoms with Crippen LogP contribution in [0, 0.1) is 0 Å². The zero-order chi connectivity index (χ0) is 18.7. The van der Waals surface area contributed by atoms with Gasteiger partial charge in [0.2, 0.25) is 5.89 Å². The normalized spacial score (nSPS) is 11.3. The second kappa shape index (κ2) is 7.38. The van der Waals surface area contributed by atoms with Crippen LogP contribution in [-0.4, -0.2) is 30.8 Å². The van der Waals surface area contributed by atoms with Crippen molar-refractivity contribution in [3.05, 3.63) is 64.5 Å². The van der Waals surface area contributed by atoms with Crippen molar-refractivity contribution in [2.45, 2.75) is 11.5 Å². The van der Waals surface area contributed by atoms with E-state index in [9.17, 15) is 13.2 Å². The fraction of sp³-hybridized carbons (Fsp3) is 0.118. The molecular weight excluding hydrogens is 424 g/mol. The molecule has 0 aliphatic carbocycles. The Hall–Kier alpha value is -2.52. The number of ether oxygens (including phenoxy) is 1. The number of carbonyl (C=O) groups excluding carboxylic acids is 1. The average molecular weight is 437 g/mol. The first-order valence-electron chi connectivity index (χ1n) is 7.39. The minimum absolute atomic E-state index is 0.0426. The fourth-order valence-electron chi connectivity index (χ4n) is 2.12. The Labute approximate surface area is 158 Å². The van der Waals surface area contributed by atoms with Gasteiger partial charge in [-0.25, -0.2) is 13.2 Å². The van der Waals surface area contributed by atoms with Gasteiger partial charge < -0.3 is 9.15 Å². The molecule has 9 heteroatoms. The van der Waals surface area contributed by atoms with Gasteiger partial charge in [0.05, 0.1) is 16.0 Å². The van der Waals surface area contributed by atoms with E-state index < -0.39 is 15.8 Å². The molecule has 0 N–H and O–H groups in total. The molecule has 0 atom stereocenters. The molecule has 7 nitrogen and oxygen atoms in total. The molecule has 26 heavy (non-hydrogen) atoms. The molecule has 0 bridgehead atoms. The van der Waals surface area contributed by atoms with Gasteiger partial charge in [0.1, 0.15) is 0 Å². The highest BCUT2D eigenvalue weighted by Crippen LogP contribution is 2.26. The van der Waals surface area contributed by atoms with Crippen LogP contribution in [0.1, 0.15) is 16.2 Å². The number of sulfone groups is 1. The van der Waals surface area contributed by atoms with Gasteiger partial charge in [-0.2, -0.15) is 0 Å². The summed E-state index contributed by atoms with van der Waals surface area (Å²) in [7, 11) is -3.41. The van der Waals surface area contributed by atoms with Crippen molar-refractivity contribution in [2.24, 2.45) is 0 Å². The molecule has 0 saturated heterocycles. The molecule has 1 heterocycles. The van der Waals surface area contributed by atoms with E-state index in [1.165, 1.54) is 24.3 Å². The third-order valence-electron chi connectivity index (χ3n) is 3.40. The zero-order valence-electron chi connectivity index (χ0n) is 13.5. The summed E-state index contributed by atoms with van der Waals surface area (Å²) in [5, 5.41) is 7.77. The van der Waals surface area contributed by atoms with Crippen LogP contribution in [0.3, 0.4) is 0 Å². The summed E-state index contributed by atoms with van der Waals surface area (Å²) in [6, 6.07) is 13.0. The highest BCUT2D eigenvalue weighted by molar-refractivity contribution is 9.10. The van der Waals surface area contributed by atoms with Gasteiger partial charge >= 0.3 is 5.97 Å². The summed E-state index contributed by atoms with van der Waals surface area (Å²) in [6.07, 6.45) is 1.07. The number of rotatable bonds is 5. The Morgan fingerprint density at radius 3 is 2.65 bits per heavy atom. The van der Waals surface area contributed by atoms with Crippen LogP contribution in [0.4, 0.5) is 0 Å². The summed E-state index contributed by atoms with van der Waals surface area (Å²) >= 11 is 3.40. The lowest BCUT2D eigenvalue weighted by molar-refractivity contribution is 0.0438. The molecule has 1 aromatic heterocycles. The van der Waals surface area contributed by atoms with Gasteiger partial charge in [-0.3, -0.25) is 0 Å². The molecule has 0 radical (unpaired) electrons. The Balaban J connectivity index is 1.70. The van der Waals surface area contributed by atoms with Gasteiger partial charge in [-0.1, -0.05) is 18.2 Å². The lowest BCUT2D eigenvalue weighted by Gasteiger charge is -2.04. The third-order valence-corrected chi connectivity index (χ3v) is 5.20. The summed E-state index contributed by atoms with van der Waals surface area (Å²) in [5.74, 6) is -0.262. The lowest BCUT2D eigenvalue weighted by Crippen LogP contribution is -2.07. The molecule has 2 aromatic carbocycles. The van der Waals surface area contributed by atoms with E-state index in [0.29, 0.717) is 5.89 Å². The first-order valence-corrected chi connectivity index (χ1v) is 10.1. The van der Waals surface area contributed by atoms with Crippen LogP contribution in [-0.2, 0) is 21.2 Å². The van der Waals surface area contributed by atoms with Gasteiger partial charge in [0, 0.05) is 10.7 Å². The zero-order valence-corrected chi connectivity index (χ0v) is 16.0. The molecule has 0 saturated carbocycles. The second-order valence-corrected chi connectivity index (χ2v) is 8.23. The van der Waals surface area contributed by atoms with E-state index in [4.69, 9.17) is 9.15 Å². The number of esters is 1. The maximum atomic E-state index is 12.1. The summed E-state index contributed by atoms with van der Waals surface area (Å²) in [6.45, 7) is -0.223. The molecule has 134 valence electrons. The van der Waals surface area contributed by atoms with Crippen molar-refractivity contribution in [1.82, 2.24) is 10.2 Å². The largest absolute Gasteiger partial charge is 0.452 e. The Kier molecular flexibility index (Phi) is 5.19. The molecular formula is C17H13BrN2O5S. The van der Waals surface area contributed by atoms with E-state index in [2.05, 4.69) is 26.1 Å². The van der Waals surface area contributed by atoms with Crippen LogP contribution in [0.2, 0.25) is 0 Å². The van der Waals surface area contributed by atoms with Crippen LogP contribution in [0.15, 0.2) is 62.3 Å². The van der Waals surface area contributed by atoms with Crippen LogP contribution in [0.25, 0.3) is 11.5 Å². The van der Waals surface area contributed by atoms with Gasteiger partial charge in [0.15, 0.2) is 16.4 Å². The first-order chi connectivity index (χ1) is 12.3. The number of halogens is 1. The number of carbonyl (C=O) groups is 1. The van der Waals surface area contributed by atoms with Crippen molar-refractivity contribution >= 4 is 31.7 Å². The van der Waals surface area contributed by atoms with Crippen LogP contribution >= 0.6 is 15.9 Å². The van der Waals surface area contributed by atoms with Crippen LogP contribution < -0.4 is 0 Å². The quantitative estimate of drug-likeness (QED) is 0.565. The smallest absolute Gasteiger partial charge is 0.338 e. The number of hydrogen-bond donors (Lipinski definition) is 0. The average Bonchev–Trinajstić information content (AvgIpc) is 3.08. The number of nitrogens with zero attached hydrogens (tertiary/aromatic N) is 2. The standard InChI is InChI=1S/C17H13BrN2O5S/c1-26(22,23)12-6-4-5-11(9-12)17(21)24-10-15-19-20-16(25-15)13-7-2-3-8-14(13)18/h2-9H,10H2,1H3. The van der Waals surface area contributed by atoms with Gasteiger partial charge in [-0.15, -0.1) is 10.2 Å². The summed E-state index contributed by atoms with van der Waals surface area (Å²) in [4.78, 5) is 12.2. The van der Waals surface area contributed by atoms with Gasteiger partial charge in [0.25, 0.3) is 5.89 Å². The molecule has 3 aromatic rings. The SMILES string of the molecule is CS(=O)(=O)c1cccc(C(=O)OCc2nnc(-c3ccccc3Br)o2)c1. The summed E-state index contributed by atoms with van der Waals surface area (Å²) in [5.41, 5.74) is 0.844. The van der Waals surface area contributed by atoms with Crippen molar-refractivity contribution in [2.75, 3.05) is 6.26 Å². The fourth-order valence-corrected chi connectivity index (χ4v) is 3.24. The maximum Gasteiger partial charge on any atom is 0.338 e. The van der Waals surface area contributed by atoms with Gasteiger partial charge in [-0.05, 0) is 46.3 Å². The number of hydrogen-bond acceptors (Lipinski definition) is 7. The van der Waals surface area contributed by atoms with E-state index in [0.717, 1.165) is 16.3 Å². The molecule has 0 unspecified atom stereocenters. The third kappa shape index (κ3) is 4.17. The Bertz CT molecular complexity index is 1060. The number of benzene rings is 2. The predicted molar refractivity (Wildman–Crippen MR) is 96.1 cm³/mol. The molecule has 0 amide bonds. The predicted octanol–water partition coefficient (Wildman–Crippen LogP) is 3.26. The monoisotopic (exact) mass is 436 g/mol. The van der Waals surface area contributed by atoms with Crippen molar-refractivity contribution in [3.63, 3.8) is 0 Å². The van der Waals surface area contributed by atoms with Crippen molar-refractivity contribution in [1.29, 1.82) is 0 Å². The van der Waals surface area contributed by atoms with Crippen LogP contribution in [0.5, 0.6) is 0 Å². The molecule has 0 aliphatic rings. The minimum Gasteiger partial charge on any atom is -0.452 e. The molecule has 0 spiro atoms. The second-order valence-electron chi connectivity index (χ2n) is 5.36. The van der Waals surface area contributed by atoms with Crippen molar-refractivity contribution in [3.8, 4) is 11.5 Å². The van der Waals surface area contributed by atoms with E-state index in [1.807, 2.05) is 24.3 Å². The molecule has 0 aliphatic heterocycles. The first kappa shape index (κ1) is 18.3. The maximum absolute atomic E-state index is 12.1.